The molecule has 2 rings (SSSR count). The van der Waals surface area contributed by atoms with Gasteiger partial charge in [-0.3, -0.25) is 4.99 Å². The van der Waals surface area contributed by atoms with Crippen LogP contribution in [0.15, 0.2) is 33.7 Å². The summed E-state index contributed by atoms with van der Waals surface area (Å²) in [7, 11) is 1.80. The first-order valence-corrected chi connectivity index (χ1v) is 8.63. The molecular weight excluding hydrogens is 469 g/mol. The molecule has 2 N–H and O–H groups in total. The van der Waals surface area contributed by atoms with Gasteiger partial charge in [-0.2, -0.15) is 0 Å². The predicted molar refractivity (Wildman–Crippen MR) is 111 cm³/mol. The number of hydrogen-bond donors (Lipinski definition) is 2. The van der Waals surface area contributed by atoms with Crippen LogP contribution in [-0.2, 0) is 10.2 Å². The Morgan fingerprint density at radius 2 is 2.17 bits per heavy atom. The fourth-order valence-corrected chi connectivity index (χ4v) is 2.95. The van der Waals surface area contributed by atoms with Crippen LogP contribution < -0.4 is 10.6 Å². The number of halogens is 2. The van der Waals surface area contributed by atoms with Crippen LogP contribution in [0.5, 0.6) is 0 Å². The summed E-state index contributed by atoms with van der Waals surface area (Å²) in [6.45, 7) is 6.98. The van der Waals surface area contributed by atoms with Crippen LogP contribution in [0.4, 0.5) is 0 Å². The van der Waals surface area contributed by atoms with Crippen molar-refractivity contribution in [3.8, 4) is 0 Å². The van der Waals surface area contributed by atoms with E-state index in [1.165, 1.54) is 5.56 Å². The molecule has 0 aromatic heterocycles. The highest BCUT2D eigenvalue weighted by atomic mass is 127. The van der Waals surface area contributed by atoms with Crippen LogP contribution in [0.2, 0.25) is 0 Å². The summed E-state index contributed by atoms with van der Waals surface area (Å²) in [5.41, 5.74) is 1.31. The van der Waals surface area contributed by atoms with Gasteiger partial charge in [0.25, 0.3) is 0 Å². The van der Waals surface area contributed by atoms with Crippen molar-refractivity contribution in [3.63, 3.8) is 0 Å². The highest BCUT2D eigenvalue weighted by molar-refractivity contribution is 14.0. The Morgan fingerprint density at radius 3 is 2.78 bits per heavy atom. The van der Waals surface area contributed by atoms with E-state index in [2.05, 4.69) is 69.7 Å². The molecule has 0 bridgehead atoms. The number of nitrogens with one attached hydrogen (secondary N) is 2. The average molecular weight is 496 g/mol. The fraction of sp³-hybridized carbons (Fsp3) is 0.588. The Labute approximate surface area is 165 Å². The zero-order chi connectivity index (χ0) is 16.0. The van der Waals surface area contributed by atoms with Gasteiger partial charge in [-0.15, -0.1) is 24.0 Å². The molecule has 0 spiro atoms. The van der Waals surface area contributed by atoms with E-state index in [1.807, 2.05) is 0 Å². The lowest BCUT2D eigenvalue weighted by atomic mass is 9.85. The summed E-state index contributed by atoms with van der Waals surface area (Å²) in [4.78, 5) is 4.29. The van der Waals surface area contributed by atoms with Gasteiger partial charge in [0.05, 0.1) is 6.10 Å². The van der Waals surface area contributed by atoms with Crippen molar-refractivity contribution in [2.75, 3.05) is 26.7 Å². The van der Waals surface area contributed by atoms with Gasteiger partial charge < -0.3 is 15.4 Å². The SMILES string of the molecule is CN=C(NCC1CCCO1)NCC(C)(C)c1cccc(Br)c1.I. The molecule has 130 valence electrons. The second-order valence-electron chi connectivity index (χ2n) is 6.34. The summed E-state index contributed by atoms with van der Waals surface area (Å²) >= 11 is 3.54. The molecule has 1 atom stereocenters. The number of benzene rings is 1. The molecule has 23 heavy (non-hydrogen) atoms. The highest BCUT2D eigenvalue weighted by Gasteiger charge is 2.21. The minimum Gasteiger partial charge on any atom is -0.376 e. The van der Waals surface area contributed by atoms with Crippen LogP contribution in [0.3, 0.4) is 0 Å². The van der Waals surface area contributed by atoms with Crippen LogP contribution in [0, 0.1) is 0 Å². The lowest BCUT2D eigenvalue weighted by Gasteiger charge is -2.27. The molecule has 0 radical (unpaired) electrons. The van der Waals surface area contributed by atoms with Crippen molar-refractivity contribution < 1.29 is 4.74 Å². The van der Waals surface area contributed by atoms with Crippen molar-refractivity contribution in [2.24, 2.45) is 4.99 Å². The lowest BCUT2D eigenvalue weighted by Crippen LogP contribution is -2.45. The van der Waals surface area contributed by atoms with Crippen molar-refractivity contribution in [1.82, 2.24) is 10.6 Å². The first-order chi connectivity index (χ1) is 10.5. The molecule has 1 aromatic carbocycles. The van der Waals surface area contributed by atoms with Gasteiger partial charge in [0.15, 0.2) is 5.96 Å². The smallest absolute Gasteiger partial charge is 0.191 e. The van der Waals surface area contributed by atoms with Crippen molar-refractivity contribution in [2.45, 2.75) is 38.2 Å². The molecule has 1 aliphatic heterocycles. The van der Waals surface area contributed by atoms with Crippen LogP contribution in [-0.4, -0.2) is 38.8 Å². The molecule has 1 saturated heterocycles. The number of guanidine groups is 1. The Bertz CT molecular complexity index is 516. The number of rotatable bonds is 5. The van der Waals surface area contributed by atoms with E-state index in [-0.39, 0.29) is 29.4 Å². The van der Waals surface area contributed by atoms with Crippen LogP contribution >= 0.6 is 39.9 Å². The average Bonchev–Trinajstić information content (AvgIpc) is 3.01. The number of ether oxygens (including phenoxy) is 1. The highest BCUT2D eigenvalue weighted by Crippen LogP contribution is 2.25. The molecule has 0 aliphatic carbocycles. The number of aliphatic imine (C=N–C) groups is 1. The van der Waals surface area contributed by atoms with E-state index in [0.717, 1.165) is 43.0 Å². The Hall–Kier alpha value is -0.340. The number of hydrogen-bond acceptors (Lipinski definition) is 2. The zero-order valence-electron chi connectivity index (χ0n) is 14.1. The maximum absolute atomic E-state index is 5.63. The monoisotopic (exact) mass is 495 g/mol. The molecule has 0 saturated carbocycles. The predicted octanol–water partition coefficient (Wildman–Crippen LogP) is 3.69. The van der Waals surface area contributed by atoms with Gasteiger partial charge in [0.2, 0.25) is 0 Å². The van der Waals surface area contributed by atoms with Gasteiger partial charge in [-0.05, 0) is 30.5 Å². The summed E-state index contributed by atoms with van der Waals surface area (Å²) in [5, 5.41) is 6.77. The fourth-order valence-electron chi connectivity index (χ4n) is 2.55. The quantitative estimate of drug-likeness (QED) is 0.372. The molecule has 1 heterocycles. The Kier molecular flexibility index (Phi) is 8.85. The second kappa shape index (κ2) is 9.84. The third-order valence-electron chi connectivity index (χ3n) is 4.05. The van der Waals surface area contributed by atoms with E-state index in [0.29, 0.717) is 6.10 Å². The first kappa shape index (κ1) is 20.7. The molecule has 1 unspecified atom stereocenters. The van der Waals surface area contributed by atoms with E-state index >= 15 is 0 Å². The van der Waals surface area contributed by atoms with Crippen molar-refractivity contribution >= 4 is 45.9 Å². The lowest BCUT2D eigenvalue weighted by molar-refractivity contribution is 0.114. The van der Waals surface area contributed by atoms with Gasteiger partial charge in [-0.25, -0.2) is 0 Å². The molecule has 0 amide bonds. The summed E-state index contributed by atoms with van der Waals surface area (Å²) in [6, 6.07) is 8.46. The third kappa shape index (κ3) is 6.58. The van der Waals surface area contributed by atoms with Gasteiger partial charge >= 0.3 is 0 Å². The molecule has 4 nitrogen and oxygen atoms in total. The van der Waals surface area contributed by atoms with Gasteiger partial charge in [0, 0.05) is 36.6 Å². The van der Waals surface area contributed by atoms with Crippen molar-refractivity contribution in [1.29, 1.82) is 0 Å². The standard InChI is InChI=1S/C17H26BrN3O.HI/c1-17(2,13-6-4-7-14(18)10-13)12-21-16(19-3)20-11-15-8-5-9-22-15;/h4,6-7,10,15H,5,8-9,11-12H2,1-3H3,(H2,19,20,21);1H. The van der Waals surface area contributed by atoms with Gasteiger partial charge in [0.1, 0.15) is 0 Å². The molecule has 1 fully saturated rings. The Balaban J connectivity index is 0.00000264. The minimum atomic E-state index is 0. The van der Waals surface area contributed by atoms with Gasteiger partial charge in [-0.1, -0.05) is 41.9 Å². The second-order valence-corrected chi connectivity index (χ2v) is 7.25. The largest absolute Gasteiger partial charge is 0.376 e. The van der Waals surface area contributed by atoms with E-state index < -0.39 is 0 Å². The number of nitrogens with zero attached hydrogens (tertiary/aromatic N) is 1. The summed E-state index contributed by atoms with van der Waals surface area (Å²) < 4.78 is 6.74. The molecule has 1 aliphatic rings. The van der Waals surface area contributed by atoms with E-state index in [9.17, 15) is 0 Å². The normalized spacial score (nSPS) is 18.4. The maximum atomic E-state index is 5.63. The molecular formula is C17H27BrIN3O. The van der Waals surface area contributed by atoms with Crippen molar-refractivity contribution in [3.05, 3.63) is 34.3 Å². The molecule has 6 heteroatoms. The van der Waals surface area contributed by atoms with E-state index in [1.54, 1.807) is 7.05 Å². The third-order valence-corrected chi connectivity index (χ3v) is 4.54. The zero-order valence-corrected chi connectivity index (χ0v) is 18.0. The maximum Gasteiger partial charge on any atom is 0.191 e. The summed E-state index contributed by atoms with van der Waals surface area (Å²) in [5.74, 6) is 0.832. The summed E-state index contributed by atoms with van der Waals surface area (Å²) in [6.07, 6.45) is 2.61. The van der Waals surface area contributed by atoms with Crippen LogP contribution in [0.25, 0.3) is 0 Å². The van der Waals surface area contributed by atoms with Crippen LogP contribution in [0.1, 0.15) is 32.3 Å². The first-order valence-electron chi connectivity index (χ1n) is 7.83. The Morgan fingerprint density at radius 1 is 1.39 bits per heavy atom. The molecule has 1 aromatic rings. The minimum absolute atomic E-state index is 0. The topological polar surface area (TPSA) is 45.7 Å². The van der Waals surface area contributed by atoms with E-state index in [4.69, 9.17) is 4.74 Å².